The molecule has 4 heteroatoms. The number of halogens is 2. The van der Waals surface area contributed by atoms with E-state index >= 15 is 0 Å². The number of anilines is 1. The highest BCUT2D eigenvalue weighted by Gasteiger charge is 2.38. The van der Waals surface area contributed by atoms with Crippen molar-refractivity contribution in [2.75, 3.05) is 11.4 Å². The Balaban J connectivity index is 1.80. The molecular formula is C17H24ClFN2. The lowest BCUT2D eigenvalue weighted by Gasteiger charge is -2.50. The lowest BCUT2D eigenvalue weighted by atomic mass is 9.81. The third-order valence-electron chi connectivity index (χ3n) is 4.85. The van der Waals surface area contributed by atoms with Gasteiger partial charge in [-0.25, -0.2) is 4.39 Å². The van der Waals surface area contributed by atoms with E-state index in [9.17, 15) is 4.39 Å². The molecule has 2 atom stereocenters. The summed E-state index contributed by atoms with van der Waals surface area (Å²) in [5.41, 5.74) is 0.739. The molecule has 2 nitrogen and oxygen atoms in total. The smallest absolute Gasteiger partial charge is 0.147 e. The van der Waals surface area contributed by atoms with E-state index in [-0.39, 0.29) is 5.82 Å². The van der Waals surface area contributed by atoms with Crippen LogP contribution in [0.15, 0.2) is 18.2 Å². The topological polar surface area (TPSA) is 15.3 Å². The number of hydrogen-bond donors (Lipinski definition) is 1. The van der Waals surface area contributed by atoms with Crippen LogP contribution in [0.1, 0.15) is 45.4 Å². The summed E-state index contributed by atoms with van der Waals surface area (Å²) in [4.78, 5) is 2.33. The average Bonchev–Trinajstić information content (AvgIpc) is 2.44. The maximum Gasteiger partial charge on any atom is 0.147 e. The zero-order valence-electron chi connectivity index (χ0n) is 12.6. The SMILES string of the molecule is CCCNC1CC2CCCC(C1)N2c1ccc(Cl)cc1F. The molecule has 1 N–H and O–H groups in total. The van der Waals surface area contributed by atoms with Crippen LogP contribution in [0.4, 0.5) is 10.1 Å². The van der Waals surface area contributed by atoms with Gasteiger partial charge in [-0.05, 0) is 63.3 Å². The molecular weight excluding hydrogens is 287 g/mol. The molecule has 2 aliphatic rings. The fourth-order valence-electron chi connectivity index (χ4n) is 3.98. The minimum absolute atomic E-state index is 0.181. The van der Waals surface area contributed by atoms with Crippen molar-refractivity contribution in [3.63, 3.8) is 0 Å². The Hall–Kier alpha value is -0.800. The third kappa shape index (κ3) is 3.19. The normalized spacial score (nSPS) is 28.7. The minimum atomic E-state index is -0.181. The Kier molecular flexibility index (Phi) is 4.70. The van der Waals surface area contributed by atoms with Crippen molar-refractivity contribution in [3.05, 3.63) is 29.0 Å². The number of benzene rings is 1. The number of nitrogens with one attached hydrogen (secondary N) is 1. The third-order valence-corrected chi connectivity index (χ3v) is 5.08. The van der Waals surface area contributed by atoms with Crippen molar-refractivity contribution >= 4 is 17.3 Å². The van der Waals surface area contributed by atoms with Gasteiger partial charge in [-0.2, -0.15) is 0 Å². The molecule has 2 heterocycles. The van der Waals surface area contributed by atoms with Crippen LogP contribution in [0.5, 0.6) is 0 Å². The molecule has 0 spiro atoms. The van der Waals surface area contributed by atoms with Gasteiger partial charge in [-0.3, -0.25) is 0 Å². The van der Waals surface area contributed by atoms with Crippen molar-refractivity contribution in [2.24, 2.45) is 0 Å². The van der Waals surface area contributed by atoms with E-state index in [1.165, 1.54) is 31.7 Å². The van der Waals surface area contributed by atoms with Crippen LogP contribution >= 0.6 is 11.6 Å². The van der Waals surface area contributed by atoms with Gasteiger partial charge in [0.25, 0.3) is 0 Å². The largest absolute Gasteiger partial charge is 0.363 e. The molecule has 21 heavy (non-hydrogen) atoms. The molecule has 0 aromatic heterocycles. The van der Waals surface area contributed by atoms with E-state index in [1.54, 1.807) is 6.07 Å². The summed E-state index contributed by atoms with van der Waals surface area (Å²) in [5, 5.41) is 4.13. The van der Waals surface area contributed by atoms with E-state index in [1.807, 2.05) is 6.07 Å². The molecule has 2 bridgehead atoms. The number of piperidine rings is 2. The lowest BCUT2D eigenvalue weighted by Crippen LogP contribution is -2.56. The van der Waals surface area contributed by atoms with E-state index in [0.717, 1.165) is 25.1 Å². The summed E-state index contributed by atoms with van der Waals surface area (Å²) in [7, 11) is 0. The zero-order chi connectivity index (χ0) is 14.8. The van der Waals surface area contributed by atoms with Gasteiger partial charge < -0.3 is 10.2 Å². The molecule has 0 amide bonds. The number of rotatable bonds is 4. The molecule has 2 fully saturated rings. The van der Waals surface area contributed by atoms with Crippen LogP contribution in [0.3, 0.4) is 0 Å². The van der Waals surface area contributed by atoms with Crippen LogP contribution in [0.2, 0.25) is 5.02 Å². The summed E-state index contributed by atoms with van der Waals surface area (Å²) >= 11 is 5.89. The second-order valence-corrected chi connectivity index (χ2v) is 6.80. The number of nitrogens with zero attached hydrogens (tertiary/aromatic N) is 1. The average molecular weight is 311 g/mol. The summed E-state index contributed by atoms with van der Waals surface area (Å²) in [6.07, 6.45) is 7.02. The van der Waals surface area contributed by atoms with Gasteiger partial charge in [0.2, 0.25) is 0 Å². The van der Waals surface area contributed by atoms with Gasteiger partial charge in [0.05, 0.1) is 5.69 Å². The second-order valence-electron chi connectivity index (χ2n) is 6.36. The van der Waals surface area contributed by atoms with E-state index in [2.05, 4.69) is 17.1 Å². The predicted octanol–water partition coefficient (Wildman–Crippen LogP) is 4.37. The first kappa shape index (κ1) is 15.1. The van der Waals surface area contributed by atoms with Crippen LogP contribution in [-0.4, -0.2) is 24.7 Å². The fourth-order valence-corrected chi connectivity index (χ4v) is 4.14. The Morgan fingerprint density at radius 3 is 2.62 bits per heavy atom. The molecule has 0 radical (unpaired) electrons. The minimum Gasteiger partial charge on any atom is -0.363 e. The molecule has 1 aromatic carbocycles. The summed E-state index contributed by atoms with van der Waals surface area (Å²) < 4.78 is 14.3. The highest BCUT2D eigenvalue weighted by Crippen LogP contribution is 2.39. The van der Waals surface area contributed by atoms with Gasteiger partial charge in [0.1, 0.15) is 5.82 Å². The molecule has 116 valence electrons. The Labute approximate surface area is 131 Å². The highest BCUT2D eigenvalue weighted by atomic mass is 35.5. The molecule has 0 aliphatic carbocycles. The van der Waals surface area contributed by atoms with Crippen molar-refractivity contribution in [1.29, 1.82) is 0 Å². The first-order valence-electron chi connectivity index (χ1n) is 8.15. The van der Waals surface area contributed by atoms with Gasteiger partial charge in [0.15, 0.2) is 0 Å². The van der Waals surface area contributed by atoms with Crippen LogP contribution in [0.25, 0.3) is 0 Å². The molecule has 0 saturated carbocycles. The first-order valence-corrected chi connectivity index (χ1v) is 8.53. The Bertz CT molecular complexity index is 480. The standard InChI is InChI=1S/C17H24ClFN2/c1-2-8-20-13-10-14-4-3-5-15(11-13)21(14)17-7-6-12(18)9-16(17)19/h6-7,9,13-15,20H,2-5,8,10-11H2,1H3. The van der Waals surface area contributed by atoms with Crippen LogP contribution < -0.4 is 10.2 Å². The van der Waals surface area contributed by atoms with Crippen molar-refractivity contribution < 1.29 is 4.39 Å². The van der Waals surface area contributed by atoms with Gasteiger partial charge in [-0.15, -0.1) is 0 Å². The summed E-state index contributed by atoms with van der Waals surface area (Å²) in [5.74, 6) is -0.181. The summed E-state index contributed by atoms with van der Waals surface area (Å²) in [6, 6.07) is 6.60. The molecule has 2 saturated heterocycles. The Morgan fingerprint density at radius 1 is 1.29 bits per heavy atom. The number of fused-ring (bicyclic) bond motifs is 2. The van der Waals surface area contributed by atoms with Crippen LogP contribution in [-0.2, 0) is 0 Å². The lowest BCUT2D eigenvalue weighted by molar-refractivity contribution is 0.244. The zero-order valence-corrected chi connectivity index (χ0v) is 13.4. The van der Waals surface area contributed by atoms with Gasteiger partial charge in [-0.1, -0.05) is 18.5 Å². The monoisotopic (exact) mass is 310 g/mol. The van der Waals surface area contributed by atoms with Crippen molar-refractivity contribution in [3.8, 4) is 0 Å². The van der Waals surface area contributed by atoms with Gasteiger partial charge in [0, 0.05) is 23.1 Å². The quantitative estimate of drug-likeness (QED) is 0.888. The van der Waals surface area contributed by atoms with E-state index < -0.39 is 0 Å². The van der Waals surface area contributed by atoms with Crippen molar-refractivity contribution in [1.82, 2.24) is 5.32 Å². The fraction of sp³-hybridized carbons (Fsp3) is 0.647. The number of hydrogen-bond acceptors (Lipinski definition) is 2. The maximum atomic E-state index is 14.3. The summed E-state index contributed by atoms with van der Waals surface area (Å²) in [6.45, 7) is 3.28. The van der Waals surface area contributed by atoms with Crippen molar-refractivity contribution in [2.45, 2.75) is 63.6 Å². The Morgan fingerprint density at radius 2 is 2.00 bits per heavy atom. The second kappa shape index (κ2) is 6.53. The molecule has 2 aliphatic heterocycles. The van der Waals surface area contributed by atoms with Crippen LogP contribution in [0, 0.1) is 5.82 Å². The van der Waals surface area contributed by atoms with E-state index in [0.29, 0.717) is 23.1 Å². The first-order chi connectivity index (χ1) is 10.2. The predicted molar refractivity (Wildman–Crippen MR) is 86.6 cm³/mol. The molecule has 3 rings (SSSR count). The molecule has 2 unspecified atom stereocenters. The molecule has 1 aromatic rings. The maximum absolute atomic E-state index is 14.3. The highest BCUT2D eigenvalue weighted by molar-refractivity contribution is 6.30. The van der Waals surface area contributed by atoms with Gasteiger partial charge >= 0.3 is 0 Å². The van der Waals surface area contributed by atoms with E-state index in [4.69, 9.17) is 11.6 Å².